The molecule has 0 saturated carbocycles. The highest BCUT2D eigenvalue weighted by atomic mass is 79.9. The number of rotatable bonds is 7. The molecule has 0 aliphatic heterocycles. The summed E-state index contributed by atoms with van der Waals surface area (Å²) in [7, 11) is 0. The van der Waals surface area contributed by atoms with Crippen molar-refractivity contribution in [3.63, 3.8) is 0 Å². The minimum absolute atomic E-state index is 0.0978. The molecule has 140 valence electrons. The van der Waals surface area contributed by atoms with E-state index in [1.54, 1.807) is 31.5 Å². The summed E-state index contributed by atoms with van der Waals surface area (Å²) in [5, 5.41) is 17.3. The van der Waals surface area contributed by atoms with Crippen LogP contribution in [0.15, 0.2) is 57.8 Å². The van der Waals surface area contributed by atoms with E-state index in [9.17, 15) is 9.90 Å². The Morgan fingerprint density at radius 2 is 2.00 bits per heavy atom. The Bertz CT molecular complexity index is 912. The van der Waals surface area contributed by atoms with Crippen LogP contribution < -0.4 is 5.32 Å². The molecule has 0 aliphatic carbocycles. The van der Waals surface area contributed by atoms with Gasteiger partial charge in [0.25, 0.3) is 0 Å². The van der Waals surface area contributed by atoms with Gasteiger partial charge in [0.15, 0.2) is 0 Å². The van der Waals surface area contributed by atoms with Crippen molar-refractivity contribution in [3.8, 4) is 11.4 Å². The highest BCUT2D eigenvalue weighted by Gasteiger charge is 2.26. The van der Waals surface area contributed by atoms with Crippen LogP contribution in [0.2, 0.25) is 0 Å². The molecule has 1 atom stereocenters. The minimum atomic E-state index is -1.19. The van der Waals surface area contributed by atoms with Crippen molar-refractivity contribution in [3.05, 3.63) is 64.7 Å². The zero-order valence-electron chi connectivity index (χ0n) is 14.7. The van der Waals surface area contributed by atoms with Gasteiger partial charge in [0.2, 0.25) is 17.6 Å². The first-order valence-electron chi connectivity index (χ1n) is 8.43. The molecule has 27 heavy (non-hydrogen) atoms. The molecule has 3 aromatic rings. The van der Waals surface area contributed by atoms with Crippen LogP contribution in [0.25, 0.3) is 11.4 Å². The lowest BCUT2D eigenvalue weighted by Gasteiger charge is -2.25. The molecule has 8 heteroatoms. The van der Waals surface area contributed by atoms with Crippen LogP contribution >= 0.6 is 15.9 Å². The maximum absolute atomic E-state index is 12.1. The van der Waals surface area contributed by atoms with Crippen LogP contribution in [0.4, 0.5) is 0 Å². The molecule has 0 radical (unpaired) electrons. The molecular weight excluding hydrogens is 412 g/mol. The summed E-state index contributed by atoms with van der Waals surface area (Å²) < 4.78 is 5.97. The number of aromatic nitrogens is 3. The summed E-state index contributed by atoms with van der Waals surface area (Å²) >= 11 is 3.42. The lowest BCUT2D eigenvalue weighted by Crippen LogP contribution is -2.38. The fraction of sp³-hybridized carbons (Fsp3) is 0.263. The smallest absolute Gasteiger partial charge is 0.227 e. The Morgan fingerprint density at radius 1 is 1.26 bits per heavy atom. The predicted molar refractivity (Wildman–Crippen MR) is 103 cm³/mol. The standard InChI is InChI=1S/C19H19BrN4O3/c1-19(26,14-4-2-3-5-15(14)20)12-22-16(25)6-7-17-23-18(24-27-17)13-8-10-21-11-9-13/h2-5,8-11,26H,6-7,12H2,1H3,(H,22,25). The van der Waals surface area contributed by atoms with E-state index < -0.39 is 5.60 Å². The van der Waals surface area contributed by atoms with E-state index in [2.05, 4.69) is 36.4 Å². The lowest BCUT2D eigenvalue weighted by atomic mass is 9.96. The second-order valence-corrected chi connectivity index (χ2v) is 7.13. The van der Waals surface area contributed by atoms with Gasteiger partial charge in [0.05, 0.1) is 6.54 Å². The average Bonchev–Trinajstić information content (AvgIpc) is 3.15. The van der Waals surface area contributed by atoms with Crippen LogP contribution in [0.5, 0.6) is 0 Å². The molecule has 0 saturated heterocycles. The number of amides is 1. The number of carbonyl (C=O) groups excluding carboxylic acids is 1. The third kappa shape index (κ3) is 4.99. The second-order valence-electron chi connectivity index (χ2n) is 6.28. The number of nitrogens with one attached hydrogen (secondary N) is 1. The van der Waals surface area contributed by atoms with Gasteiger partial charge in [-0.05, 0) is 30.7 Å². The highest BCUT2D eigenvalue weighted by molar-refractivity contribution is 9.10. The largest absolute Gasteiger partial charge is 0.384 e. The van der Waals surface area contributed by atoms with Crippen molar-refractivity contribution in [1.29, 1.82) is 0 Å². The molecule has 2 N–H and O–H groups in total. The average molecular weight is 431 g/mol. The summed E-state index contributed by atoms with van der Waals surface area (Å²) in [5.74, 6) is 0.644. The van der Waals surface area contributed by atoms with Crippen molar-refractivity contribution in [2.24, 2.45) is 0 Å². The molecule has 1 aromatic carbocycles. The van der Waals surface area contributed by atoms with Gasteiger partial charge in [0, 0.05) is 35.3 Å². The molecule has 0 bridgehead atoms. The normalized spacial score (nSPS) is 13.1. The number of benzene rings is 1. The zero-order valence-corrected chi connectivity index (χ0v) is 16.3. The van der Waals surface area contributed by atoms with Gasteiger partial charge in [-0.25, -0.2) is 0 Å². The van der Waals surface area contributed by atoms with Crippen LogP contribution in [-0.2, 0) is 16.8 Å². The predicted octanol–water partition coefficient (Wildman–Crippen LogP) is 2.85. The number of aliphatic hydroxyl groups is 1. The first kappa shape index (κ1) is 19.2. The molecule has 3 rings (SSSR count). The Hall–Kier alpha value is -2.58. The molecule has 0 aliphatic rings. The molecule has 1 amide bonds. The van der Waals surface area contributed by atoms with Crippen molar-refractivity contribution in [2.75, 3.05) is 6.54 Å². The van der Waals surface area contributed by atoms with Gasteiger partial charge in [-0.2, -0.15) is 4.98 Å². The quantitative estimate of drug-likeness (QED) is 0.597. The van der Waals surface area contributed by atoms with Gasteiger partial charge in [0.1, 0.15) is 5.60 Å². The Kier molecular flexibility index (Phi) is 5.98. The Labute approximate surface area is 165 Å². The summed E-state index contributed by atoms with van der Waals surface area (Å²) in [6.45, 7) is 1.76. The fourth-order valence-corrected chi connectivity index (χ4v) is 3.26. The first-order chi connectivity index (χ1) is 13.0. The zero-order chi connectivity index (χ0) is 19.3. The maximum atomic E-state index is 12.1. The summed E-state index contributed by atoms with van der Waals surface area (Å²) in [6, 6.07) is 10.9. The number of pyridine rings is 1. The monoisotopic (exact) mass is 430 g/mol. The van der Waals surface area contributed by atoms with E-state index in [4.69, 9.17) is 4.52 Å². The van der Waals surface area contributed by atoms with Crippen molar-refractivity contribution >= 4 is 21.8 Å². The van der Waals surface area contributed by atoms with Gasteiger partial charge >= 0.3 is 0 Å². The Balaban J connectivity index is 1.52. The van der Waals surface area contributed by atoms with Crippen LogP contribution in [0.1, 0.15) is 24.8 Å². The molecule has 7 nitrogen and oxygen atoms in total. The second kappa shape index (κ2) is 8.41. The Morgan fingerprint density at radius 3 is 2.74 bits per heavy atom. The van der Waals surface area contributed by atoms with Crippen molar-refractivity contribution < 1.29 is 14.4 Å². The van der Waals surface area contributed by atoms with E-state index in [1.807, 2.05) is 24.3 Å². The number of carbonyl (C=O) groups is 1. The topological polar surface area (TPSA) is 101 Å². The summed E-state index contributed by atoms with van der Waals surface area (Å²) in [6.07, 6.45) is 3.80. The van der Waals surface area contributed by atoms with Crippen molar-refractivity contribution in [1.82, 2.24) is 20.4 Å². The minimum Gasteiger partial charge on any atom is -0.384 e. The van der Waals surface area contributed by atoms with Gasteiger partial charge in [-0.1, -0.05) is 39.3 Å². The van der Waals surface area contributed by atoms with E-state index in [0.29, 0.717) is 23.7 Å². The van der Waals surface area contributed by atoms with Crippen molar-refractivity contribution in [2.45, 2.75) is 25.4 Å². The van der Waals surface area contributed by atoms with E-state index in [1.165, 1.54) is 0 Å². The summed E-state index contributed by atoms with van der Waals surface area (Å²) in [5.41, 5.74) is 0.326. The molecule has 1 unspecified atom stereocenters. The maximum Gasteiger partial charge on any atom is 0.227 e. The van der Waals surface area contributed by atoms with Gasteiger partial charge < -0.3 is 14.9 Å². The molecule has 2 heterocycles. The lowest BCUT2D eigenvalue weighted by molar-refractivity contribution is -0.122. The molecular formula is C19H19BrN4O3. The van der Waals surface area contributed by atoms with E-state index in [0.717, 1.165) is 10.0 Å². The highest BCUT2D eigenvalue weighted by Crippen LogP contribution is 2.27. The molecule has 2 aromatic heterocycles. The third-order valence-corrected chi connectivity index (χ3v) is 4.75. The number of hydrogen-bond donors (Lipinski definition) is 2. The fourth-order valence-electron chi connectivity index (χ4n) is 2.55. The summed E-state index contributed by atoms with van der Waals surface area (Å²) in [4.78, 5) is 20.3. The van der Waals surface area contributed by atoms with Crippen LogP contribution in [-0.4, -0.2) is 32.7 Å². The SMILES string of the molecule is CC(O)(CNC(=O)CCc1nc(-c2ccncc2)no1)c1ccccc1Br. The first-order valence-corrected chi connectivity index (χ1v) is 9.22. The van der Waals surface area contributed by atoms with E-state index >= 15 is 0 Å². The van der Waals surface area contributed by atoms with Gasteiger partial charge in [-0.15, -0.1) is 0 Å². The van der Waals surface area contributed by atoms with Crippen LogP contribution in [0, 0.1) is 0 Å². The number of aryl methyl sites for hydroxylation is 1. The third-order valence-electron chi connectivity index (χ3n) is 4.06. The van der Waals surface area contributed by atoms with E-state index in [-0.39, 0.29) is 18.9 Å². The van der Waals surface area contributed by atoms with Gasteiger partial charge in [-0.3, -0.25) is 9.78 Å². The number of nitrogens with zero attached hydrogens (tertiary/aromatic N) is 3. The number of halogens is 1. The molecule has 0 spiro atoms. The molecule has 0 fully saturated rings. The number of hydrogen-bond acceptors (Lipinski definition) is 6. The van der Waals surface area contributed by atoms with Crippen LogP contribution in [0.3, 0.4) is 0 Å².